The van der Waals surface area contributed by atoms with Gasteiger partial charge < -0.3 is 14.4 Å². The van der Waals surface area contributed by atoms with E-state index in [4.69, 9.17) is 4.42 Å². The summed E-state index contributed by atoms with van der Waals surface area (Å²) in [5.74, 6) is -0.664. The molecule has 0 saturated carbocycles. The molecular weight excluding hydrogens is 379 g/mol. The number of carbonyl (C=O) groups excluding carboxylic acids is 1. The van der Waals surface area contributed by atoms with E-state index in [0.29, 0.717) is 17.4 Å². The average molecular weight is 392 g/mol. The first-order valence-electron chi connectivity index (χ1n) is 7.02. The monoisotopic (exact) mass is 391 g/mol. The number of hydrogen-bond acceptors (Lipinski definition) is 3. The molecule has 124 valence electrons. The van der Waals surface area contributed by atoms with Crippen LogP contribution in [-0.2, 0) is 0 Å². The molecule has 1 aliphatic heterocycles. The molecule has 2 atom stereocenters. The highest BCUT2D eigenvalue weighted by Crippen LogP contribution is 2.32. The van der Waals surface area contributed by atoms with E-state index >= 15 is 0 Å². The summed E-state index contributed by atoms with van der Waals surface area (Å²) < 4.78 is 44.4. The van der Waals surface area contributed by atoms with Crippen LogP contribution < -0.4 is 0 Å². The molecule has 1 aromatic carbocycles. The molecule has 2 aromatic rings. The fraction of sp³-hybridized carbons (Fsp3) is 0.400. The molecule has 1 N–H and O–H groups in total. The predicted molar refractivity (Wildman–Crippen MR) is 80.0 cm³/mol. The number of furan rings is 1. The van der Waals surface area contributed by atoms with Crippen LogP contribution in [0.2, 0.25) is 0 Å². The highest BCUT2D eigenvalue weighted by Gasteiger charge is 2.48. The van der Waals surface area contributed by atoms with Gasteiger partial charge in [-0.3, -0.25) is 4.79 Å². The molecule has 1 aromatic heterocycles. The van der Waals surface area contributed by atoms with Crippen molar-refractivity contribution in [3.05, 3.63) is 34.5 Å². The maximum atomic E-state index is 12.7. The molecule has 0 unspecified atom stereocenters. The lowest BCUT2D eigenvalue weighted by atomic mass is 10.1. The van der Waals surface area contributed by atoms with Crippen molar-refractivity contribution in [2.45, 2.75) is 31.2 Å². The number of fused-ring (bicyclic) bond motifs is 1. The number of hydrogen-bond donors (Lipinski definition) is 1. The number of aliphatic hydroxyl groups excluding tert-OH is 1. The number of amides is 1. The normalized spacial score (nSPS) is 20.2. The molecule has 1 saturated heterocycles. The summed E-state index contributed by atoms with van der Waals surface area (Å²) in [6.45, 7) is 0.164. The van der Waals surface area contributed by atoms with Crippen molar-refractivity contribution in [2.24, 2.45) is 0 Å². The van der Waals surface area contributed by atoms with Crippen LogP contribution in [0.25, 0.3) is 11.0 Å². The average Bonchev–Trinajstić information content (AvgIpc) is 3.10. The first-order chi connectivity index (χ1) is 10.8. The van der Waals surface area contributed by atoms with Crippen molar-refractivity contribution in [1.29, 1.82) is 0 Å². The zero-order valence-corrected chi connectivity index (χ0v) is 13.4. The topological polar surface area (TPSA) is 53.7 Å². The van der Waals surface area contributed by atoms with E-state index in [0.717, 1.165) is 9.37 Å². The van der Waals surface area contributed by atoms with Gasteiger partial charge in [-0.15, -0.1) is 0 Å². The summed E-state index contributed by atoms with van der Waals surface area (Å²) >= 11 is 3.30. The lowest BCUT2D eigenvalue weighted by Gasteiger charge is -2.29. The number of benzene rings is 1. The van der Waals surface area contributed by atoms with Gasteiger partial charge in [0.15, 0.2) is 11.9 Å². The number of rotatable bonds is 2. The molecule has 8 heteroatoms. The molecule has 23 heavy (non-hydrogen) atoms. The number of alkyl halides is 3. The van der Waals surface area contributed by atoms with Crippen LogP contribution >= 0.6 is 15.9 Å². The summed E-state index contributed by atoms with van der Waals surface area (Å²) in [5, 5.41) is 10.1. The molecule has 0 spiro atoms. The van der Waals surface area contributed by atoms with Gasteiger partial charge in [0.2, 0.25) is 0 Å². The van der Waals surface area contributed by atoms with Crippen LogP contribution in [0.1, 0.15) is 23.4 Å². The lowest BCUT2D eigenvalue weighted by molar-refractivity contribution is -0.216. The molecule has 0 bridgehead atoms. The van der Waals surface area contributed by atoms with E-state index in [-0.39, 0.29) is 18.7 Å². The summed E-state index contributed by atoms with van der Waals surface area (Å²) in [5.41, 5.74) is 0.476. The Morgan fingerprint density at radius 1 is 1.39 bits per heavy atom. The van der Waals surface area contributed by atoms with Crippen molar-refractivity contribution >= 4 is 32.8 Å². The van der Waals surface area contributed by atoms with E-state index in [1.165, 1.54) is 6.07 Å². The molecule has 1 fully saturated rings. The van der Waals surface area contributed by atoms with E-state index in [1.807, 2.05) is 0 Å². The van der Waals surface area contributed by atoms with Gasteiger partial charge in [0, 0.05) is 16.4 Å². The van der Waals surface area contributed by atoms with Crippen LogP contribution in [0.4, 0.5) is 13.2 Å². The molecule has 1 aliphatic rings. The van der Waals surface area contributed by atoms with Crippen LogP contribution in [0.5, 0.6) is 0 Å². The fourth-order valence-electron chi connectivity index (χ4n) is 2.85. The van der Waals surface area contributed by atoms with Crippen molar-refractivity contribution in [1.82, 2.24) is 4.90 Å². The zero-order chi connectivity index (χ0) is 16.8. The SMILES string of the molecule is O=C(c1cc2cc(Br)ccc2o1)N1CCC[C@@H]1[C@@H](O)C(F)(F)F. The first-order valence-corrected chi connectivity index (χ1v) is 7.81. The Hall–Kier alpha value is -1.54. The Morgan fingerprint density at radius 2 is 2.13 bits per heavy atom. The predicted octanol–water partition coefficient (Wildman–Crippen LogP) is 3.72. The van der Waals surface area contributed by atoms with Crippen molar-refractivity contribution in [3.8, 4) is 0 Å². The Labute approximate surface area is 138 Å². The van der Waals surface area contributed by atoms with Crippen LogP contribution in [0.3, 0.4) is 0 Å². The zero-order valence-electron chi connectivity index (χ0n) is 11.8. The minimum atomic E-state index is -4.76. The molecule has 3 rings (SSSR count). The van der Waals surface area contributed by atoms with Gasteiger partial charge in [0.25, 0.3) is 5.91 Å². The standard InChI is InChI=1S/C15H13BrF3NO3/c16-9-3-4-11-8(6-9)7-12(23-11)14(22)20-5-1-2-10(20)13(21)15(17,18)19/h3-4,6-7,10,13,21H,1-2,5H2/t10-,13-/m1/s1. The highest BCUT2D eigenvalue weighted by atomic mass is 79.9. The molecule has 4 nitrogen and oxygen atoms in total. The first kappa shape index (κ1) is 16.3. The third-order valence-corrected chi connectivity index (χ3v) is 4.44. The lowest BCUT2D eigenvalue weighted by Crippen LogP contribution is -2.49. The van der Waals surface area contributed by atoms with Crippen LogP contribution in [0, 0.1) is 0 Å². The smallest absolute Gasteiger partial charge is 0.416 e. The van der Waals surface area contributed by atoms with Gasteiger partial charge in [0.1, 0.15) is 5.58 Å². The maximum Gasteiger partial charge on any atom is 0.416 e. The van der Waals surface area contributed by atoms with Gasteiger partial charge in [-0.2, -0.15) is 13.2 Å². The van der Waals surface area contributed by atoms with Gasteiger partial charge in [-0.25, -0.2) is 0 Å². The molecule has 0 aliphatic carbocycles. The Bertz CT molecular complexity index is 743. The van der Waals surface area contributed by atoms with Crippen molar-refractivity contribution in [2.75, 3.05) is 6.54 Å². The number of aliphatic hydroxyl groups is 1. The maximum absolute atomic E-state index is 12.7. The van der Waals surface area contributed by atoms with Gasteiger partial charge >= 0.3 is 6.18 Å². The highest BCUT2D eigenvalue weighted by molar-refractivity contribution is 9.10. The van der Waals surface area contributed by atoms with Crippen LogP contribution in [-0.4, -0.2) is 40.8 Å². The van der Waals surface area contributed by atoms with E-state index in [1.54, 1.807) is 18.2 Å². The Morgan fingerprint density at radius 3 is 2.83 bits per heavy atom. The largest absolute Gasteiger partial charge is 0.451 e. The van der Waals surface area contributed by atoms with Crippen molar-refractivity contribution < 1.29 is 27.5 Å². The van der Waals surface area contributed by atoms with E-state index < -0.39 is 24.2 Å². The van der Waals surface area contributed by atoms with Gasteiger partial charge in [-0.05, 0) is 37.1 Å². The molecule has 1 amide bonds. The van der Waals surface area contributed by atoms with Gasteiger partial charge in [0.05, 0.1) is 6.04 Å². The number of carbonyl (C=O) groups is 1. The minimum absolute atomic E-state index is 0.0284. The second-order valence-corrected chi connectivity index (χ2v) is 6.40. The van der Waals surface area contributed by atoms with Crippen molar-refractivity contribution in [3.63, 3.8) is 0 Å². The quantitative estimate of drug-likeness (QED) is 0.848. The summed E-state index contributed by atoms with van der Waals surface area (Å²) in [6.07, 6.45) is -6.78. The Kier molecular flexibility index (Phi) is 4.14. The number of halogens is 4. The molecule has 0 radical (unpaired) electrons. The number of likely N-dealkylation sites (tertiary alicyclic amines) is 1. The third-order valence-electron chi connectivity index (χ3n) is 3.95. The molecular formula is C15H13BrF3NO3. The molecule has 2 heterocycles. The van der Waals surface area contributed by atoms with E-state index in [9.17, 15) is 23.1 Å². The van der Waals surface area contributed by atoms with E-state index in [2.05, 4.69) is 15.9 Å². The summed E-state index contributed by atoms with van der Waals surface area (Å²) in [4.78, 5) is 13.5. The fourth-order valence-corrected chi connectivity index (χ4v) is 3.23. The Balaban J connectivity index is 1.88. The van der Waals surface area contributed by atoms with Gasteiger partial charge in [-0.1, -0.05) is 15.9 Å². The second kappa shape index (κ2) is 5.83. The second-order valence-electron chi connectivity index (χ2n) is 5.49. The van der Waals surface area contributed by atoms with Crippen LogP contribution in [0.15, 0.2) is 33.2 Å². The minimum Gasteiger partial charge on any atom is -0.451 e. The third kappa shape index (κ3) is 3.10. The number of nitrogens with zero attached hydrogens (tertiary/aromatic N) is 1. The summed E-state index contributed by atoms with van der Waals surface area (Å²) in [7, 11) is 0. The summed E-state index contributed by atoms with van der Waals surface area (Å²) in [6, 6.07) is 5.38.